The number of primary amides is 1. The van der Waals surface area contributed by atoms with E-state index in [4.69, 9.17) is 10.8 Å². The molecule has 7 heteroatoms. The second kappa shape index (κ2) is 9.02. The van der Waals surface area contributed by atoms with Gasteiger partial charge in [-0.05, 0) is 18.6 Å². The van der Waals surface area contributed by atoms with Crippen molar-refractivity contribution in [1.82, 2.24) is 5.32 Å². The van der Waals surface area contributed by atoms with E-state index in [1.807, 2.05) is 30.3 Å². The lowest BCUT2D eigenvalue weighted by atomic mass is 10.1. The van der Waals surface area contributed by atoms with Gasteiger partial charge in [0, 0.05) is 23.5 Å². The molecule has 6 nitrogen and oxygen atoms in total. The first-order chi connectivity index (χ1) is 9.99. The molecule has 1 rings (SSSR count). The third-order valence-corrected chi connectivity index (χ3v) is 3.67. The van der Waals surface area contributed by atoms with Gasteiger partial charge in [0.15, 0.2) is 0 Å². The zero-order valence-corrected chi connectivity index (χ0v) is 12.3. The van der Waals surface area contributed by atoms with Crippen LogP contribution in [0.25, 0.3) is 0 Å². The molecule has 2 amide bonds. The summed E-state index contributed by atoms with van der Waals surface area (Å²) in [5.74, 6) is -1.55. The Hall–Kier alpha value is -2.02. The molecule has 0 aliphatic carbocycles. The summed E-state index contributed by atoms with van der Waals surface area (Å²) in [6.07, 6.45) is 0.137. The molecule has 0 fully saturated rings. The van der Waals surface area contributed by atoms with Crippen LogP contribution in [0.2, 0.25) is 0 Å². The highest BCUT2D eigenvalue weighted by Crippen LogP contribution is 2.17. The summed E-state index contributed by atoms with van der Waals surface area (Å²) in [7, 11) is 0. The second-order valence-electron chi connectivity index (χ2n) is 4.37. The lowest BCUT2D eigenvalue weighted by Crippen LogP contribution is -2.41. The molecule has 0 aliphatic rings. The minimum absolute atomic E-state index is 0.00222. The van der Waals surface area contributed by atoms with E-state index >= 15 is 0 Å². The summed E-state index contributed by atoms with van der Waals surface area (Å²) in [4.78, 5) is 34.4. The molecule has 1 aromatic rings. The van der Waals surface area contributed by atoms with Crippen LogP contribution in [0, 0.1) is 0 Å². The van der Waals surface area contributed by atoms with Crippen molar-refractivity contribution in [3.63, 3.8) is 0 Å². The number of nitrogens with one attached hydrogen (secondary N) is 1. The maximum absolute atomic E-state index is 11.7. The molecule has 4 N–H and O–H groups in total. The van der Waals surface area contributed by atoms with Crippen LogP contribution in [0.3, 0.4) is 0 Å². The highest BCUT2D eigenvalue weighted by molar-refractivity contribution is 7.99. The Balaban J connectivity index is 2.33. The molecule has 0 unspecified atom stereocenters. The van der Waals surface area contributed by atoms with E-state index < -0.39 is 17.9 Å². The molecular weight excluding hydrogens is 292 g/mol. The van der Waals surface area contributed by atoms with Gasteiger partial charge in [-0.2, -0.15) is 0 Å². The summed E-state index contributed by atoms with van der Waals surface area (Å²) >= 11 is 1.52. The molecule has 0 saturated carbocycles. The van der Waals surface area contributed by atoms with Crippen molar-refractivity contribution in [2.24, 2.45) is 5.73 Å². The average molecular weight is 310 g/mol. The van der Waals surface area contributed by atoms with Crippen LogP contribution in [0.1, 0.15) is 19.3 Å². The molecule has 0 spiro atoms. The van der Waals surface area contributed by atoms with Crippen LogP contribution in [-0.4, -0.2) is 34.7 Å². The zero-order chi connectivity index (χ0) is 15.7. The molecule has 1 atom stereocenters. The van der Waals surface area contributed by atoms with Crippen molar-refractivity contribution in [2.45, 2.75) is 30.2 Å². The average Bonchev–Trinajstić information content (AvgIpc) is 2.44. The molecule has 21 heavy (non-hydrogen) atoms. The van der Waals surface area contributed by atoms with E-state index in [1.54, 1.807) is 0 Å². The first-order valence-corrected chi connectivity index (χ1v) is 7.46. The monoisotopic (exact) mass is 310 g/mol. The lowest BCUT2D eigenvalue weighted by Gasteiger charge is -2.13. The van der Waals surface area contributed by atoms with Crippen LogP contribution in [0.5, 0.6) is 0 Å². The van der Waals surface area contributed by atoms with Crippen molar-refractivity contribution in [1.29, 1.82) is 0 Å². The van der Waals surface area contributed by atoms with E-state index in [0.29, 0.717) is 5.75 Å². The maximum Gasteiger partial charge on any atom is 0.326 e. The van der Waals surface area contributed by atoms with Crippen LogP contribution in [0.4, 0.5) is 0 Å². The summed E-state index contributed by atoms with van der Waals surface area (Å²) in [6.45, 7) is 0. The largest absolute Gasteiger partial charge is 0.480 e. The standard InChI is InChI=1S/C14H18N2O4S/c15-12(17)7-6-11(14(19)20)16-13(18)8-9-21-10-4-2-1-3-5-10/h1-5,11H,6-9H2,(H2,15,17)(H,16,18)(H,19,20)/t11-/m0/s1. The molecule has 1 aromatic carbocycles. The van der Waals surface area contributed by atoms with Crippen LogP contribution in [-0.2, 0) is 14.4 Å². The fourth-order valence-electron chi connectivity index (χ4n) is 1.59. The van der Waals surface area contributed by atoms with Gasteiger partial charge < -0.3 is 16.2 Å². The number of hydrogen-bond donors (Lipinski definition) is 3. The number of amides is 2. The predicted octanol–water partition coefficient (Wildman–Crippen LogP) is 1.00. The smallest absolute Gasteiger partial charge is 0.326 e. The van der Waals surface area contributed by atoms with Crippen LogP contribution >= 0.6 is 11.8 Å². The van der Waals surface area contributed by atoms with Gasteiger partial charge in [0.1, 0.15) is 6.04 Å². The summed E-state index contributed by atoms with van der Waals surface area (Å²) in [5.41, 5.74) is 4.97. The molecular formula is C14H18N2O4S. The van der Waals surface area contributed by atoms with E-state index in [0.717, 1.165) is 4.90 Å². The van der Waals surface area contributed by atoms with E-state index in [2.05, 4.69) is 5.32 Å². The van der Waals surface area contributed by atoms with Crippen molar-refractivity contribution >= 4 is 29.5 Å². The van der Waals surface area contributed by atoms with Gasteiger partial charge in [-0.3, -0.25) is 9.59 Å². The second-order valence-corrected chi connectivity index (χ2v) is 5.54. The molecule has 114 valence electrons. The third-order valence-electron chi connectivity index (χ3n) is 2.65. The van der Waals surface area contributed by atoms with Gasteiger partial charge >= 0.3 is 5.97 Å². The Labute approximate surface area is 127 Å². The van der Waals surface area contributed by atoms with Gasteiger partial charge in [-0.15, -0.1) is 11.8 Å². The number of thioether (sulfide) groups is 1. The van der Waals surface area contributed by atoms with E-state index in [1.165, 1.54) is 11.8 Å². The van der Waals surface area contributed by atoms with Crippen molar-refractivity contribution in [3.8, 4) is 0 Å². The molecule has 0 saturated heterocycles. The minimum Gasteiger partial charge on any atom is -0.480 e. The number of benzene rings is 1. The van der Waals surface area contributed by atoms with E-state index in [9.17, 15) is 14.4 Å². The quantitative estimate of drug-likeness (QED) is 0.590. The van der Waals surface area contributed by atoms with E-state index in [-0.39, 0.29) is 25.2 Å². The first kappa shape index (κ1) is 17.0. The normalized spacial score (nSPS) is 11.6. The predicted molar refractivity (Wildman–Crippen MR) is 79.8 cm³/mol. The fourth-order valence-corrected chi connectivity index (χ4v) is 2.46. The summed E-state index contributed by atoms with van der Waals surface area (Å²) < 4.78 is 0. The Kier molecular flexibility index (Phi) is 7.31. The number of aliphatic carboxylic acids is 1. The fraction of sp³-hybridized carbons (Fsp3) is 0.357. The van der Waals surface area contributed by atoms with Gasteiger partial charge in [-0.1, -0.05) is 18.2 Å². The highest BCUT2D eigenvalue weighted by Gasteiger charge is 2.20. The number of rotatable bonds is 9. The molecule has 0 aromatic heterocycles. The van der Waals surface area contributed by atoms with Gasteiger partial charge in [0.05, 0.1) is 0 Å². The zero-order valence-electron chi connectivity index (χ0n) is 11.5. The molecule has 0 bridgehead atoms. The van der Waals surface area contributed by atoms with Gasteiger partial charge in [0.25, 0.3) is 0 Å². The Morgan fingerprint density at radius 3 is 2.43 bits per heavy atom. The molecule has 0 heterocycles. The number of carbonyl (C=O) groups is 3. The topological polar surface area (TPSA) is 109 Å². The third kappa shape index (κ3) is 7.36. The maximum atomic E-state index is 11.7. The van der Waals surface area contributed by atoms with Crippen molar-refractivity contribution in [3.05, 3.63) is 30.3 Å². The Bertz CT molecular complexity index is 493. The van der Waals surface area contributed by atoms with Crippen LogP contribution < -0.4 is 11.1 Å². The summed E-state index contributed by atoms with van der Waals surface area (Å²) in [6, 6.07) is 8.53. The van der Waals surface area contributed by atoms with Crippen LogP contribution in [0.15, 0.2) is 35.2 Å². The highest BCUT2D eigenvalue weighted by atomic mass is 32.2. The molecule has 0 aliphatic heterocycles. The minimum atomic E-state index is -1.17. The SMILES string of the molecule is NC(=O)CC[C@H](NC(=O)CCSc1ccccc1)C(=O)O. The number of carboxylic acids is 1. The van der Waals surface area contributed by atoms with Crippen molar-refractivity contribution < 1.29 is 19.5 Å². The number of carbonyl (C=O) groups excluding carboxylic acids is 2. The number of carboxylic acid groups (broad SMARTS) is 1. The summed E-state index contributed by atoms with van der Waals surface area (Å²) in [5, 5.41) is 11.4. The Morgan fingerprint density at radius 2 is 1.86 bits per heavy atom. The number of hydrogen-bond acceptors (Lipinski definition) is 4. The van der Waals surface area contributed by atoms with Gasteiger partial charge in [0.2, 0.25) is 11.8 Å². The first-order valence-electron chi connectivity index (χ1n) is 6.47. The lowest BCUT2D eigenvalue weighted by molar-refractivity contribution is -0.142. The molecule has 0 radical (unpaired) electrons. The van der Waals surface area contributed by atoms with Crippen molar-refractivity contribution in [2.75, 3.05) is 5.75 Å². The van der Waals surface area contributed by atoms with Gasteiger partial charge in [-0.25, -0.2) is 4.79 Å². The Morgan fingerprint density at radius 1 is 1.19 bits per heavy atom. The number of nitrogens with two attached hydrogens (primary N) is 1.